The first-order valence-corrected chi connectivity index (χ1v) is 8.18. The molecule has 4 rings (SSSR count). The molecule has 1 amide bonds. The van der Waals surface area contributed by atoms with Gasteiger partial charge in [0.2, 0.25) is 5.91 Å². The Kier molecular flexibility index (Phi) is 3.45. The lowest BCUT2D eigenvalue weighted by molar-refractivity contribution is -0.133. The van der Waals surface area contributed by atoms with Crippen LogP contribution in [-0.2, 0) is 11.3 Å². The number of aromatic nitrogens is 3. The van der Waals surface area contributed by atoms with E-state index in [1.165, 1.54) is 21.9 Å². The number of rotatable bonds is 3. The van der Waals surface area contributed by atoms with Gasteiger partial charge in [0.05, 0.1) is 0 Å². The second-order valence-corrected chi connectivity index (χ2v) is 6.64. The molecule has 2 aliphatic rings. The predicted octanol–water partition coefficient (Wildman–Crippen LogP) is 0.237. The maximum Gasteiger partial charge on any atom is 0.350 e. The lowest BCUT2D eigenvalue weighted by Gasteiger charge is -2.35. The van der Waals surface area contributed by atoms with Gasteiger partial charge in [-0.05, 0) is 37.8 Å². The molecule has 2 aromatic heterocycles. The van der Waals surface area contributed by atoms with Crippen molar-refractivity contribution in [2.24, 2.45) is 0 Å². The van der Waals surface area contributed by atoms with E-state index < -0.39 is 0 Å². The van der Waals surface area contributed by atoms with E-state index >= 15 is 0 Å². The topological polar surface area (TPSA) is 71.6 Å². The van der Waals surface area contributed by atoms with Crippen LogP contribution in [0, 0.1) is 0 Å². The zero-order valence-corrected chi connectivity index (χ0v) is 13.2. The van der Waals surface area contributed by atoms with Gasteiger partial charge in [0.15, 0.2) is 5.65 Å². The van der Waals surface area contributed by atoms with Gasteiger partial charge in [-0.25, -0.2) is 9.48 Å². The van der Waals surface area contributed by atoms with Gasteiger partial charge >= 0.3 is 5.69 Å². The third-order valence-corrected chi connectivity index (χ3v) is 5.16. The maximum absolute atomic E-state index is 12.6. The van der Waals surface area contributed by atoms with Crippen molar-refractivity contribution in [2.75, 3.05) is 7.05 Å². The molecule has 0 aliphatic carbocycles. The van der Waals surface area contributed by atoms with E-state index in [4.69, 9.17) is 0 Å². The molecule has 2 unspecified atom stereocenters. The van der Waals surface area contributed by atoms with Gasteiger partial charge in [-0.1, -0.05) is 6.07 Å². The van der Waals surface area contributed by atoms with Gasteiger partial charge in [0.1, 0.15) is 6.54 Å². The van der Waals surface area contributed by atoms with E-state index in [1.54, 1.807) is 18.3 Å². The van der Waals surface area contributed by atoms with Crippen LogP contribution in [0.2, 0.25) is 0 Å². The molecular weight excluding hydrogens is 294 g/mol. The third-order valence-electron chi connectivity index (χ3n) is 5.16. The Morgan fingerprint density at radius 2 is 2.09 bits per heavy atom. The number of nitrogens with zero attached hydrogens (tertiary/aromatic N) is 4. The molecule has 2 bridgehead atoms. The Morgan fingerprint density at radius 1 is 1.35 bits per heavy atom. The van der Waals surface area contributed by atoms with Gasteiger partial charge in [-0.15, -0.1) is 5.10 Å². The number of fused-ring (bicyclic) bond motifs is 3. The summed E-state index contributed by atoms with van der Waals surface area (Å²) in [5, 5.41) is 7.81. The minimum Gasteiger partial charge on any atom is -0.341 e. The minimum atomic E-state index is -0.271. The van der Waals surface area contributed by atoms with Crippen molar-refractivity contribution >= 4 is 11.6 Å². The SMILES string of the molecule is CN(C(=O)Cn1nc2ccccn2c1=O)C1CC2CCC(C1)N2. The van der Waals surface area contributed by atoms with Crippen LogP contribution >= 0.6 is 0 Å². The number of hydrogen-bond donors (Lipinski definition) is 1. The molecule has 7 nitrogen and oxygen atoms in total. The van der Waals surface area contributed by atoms with Crippen molar-refractivity contribution in [2.45, 2.75) is 50.4 Å². The summed E-state index contributed by atoms with van der Waals surface area (Å²) >= 11 is 0. The highest BCUT2D eigenvalue weighted by Gasteiger charge is 2.36. The number of piperidine rings is 1. The Balaban J connectivity index is 1.50. The van der Waals surface area contributed by atoms with Crippen molar-refractivity contribution in [3.05, 3.63) is 34.9 Å². The molecule has 122 valence electrons. The molecule has 23 heavy (non-hydrogen) atoms. The molecule has 2 fully saturated rings. The standard InChI is InChI=1S/C16H21N5O2/c1-19(13-8-11-5-6-12(9-13)17-11)15(22)10-21-16(23)20-7-3-2-4-14(20)18-21/h2-4,7,11-13,17H,5-6,8-10H2,1H3. The molecule has 1 N–H and O–H groups in total. The van der Waals surface area contributed by atoms with Crippen LogP contribution in [0.1, 0.15) is 25.7 Å². The van der Waals surface area contributed by atoms with E-state index in [-0.39, 0.29) is 24.2 Å². The summed E-state index contributed by atoms with van der Waals surface area (Å²) in [6, 6.07) is 6.69. The van der Waals surface area contributed by atoms with Crippen molar-refractivity contribution in [3.8, 4) is 0 Å². The zero-order valence-electron chi connectivity index (χ0n) is 13.2. The van der Waals surface area contributed by atoms with Gasteiger partial charge in [-0.3, -0.25) is 9.20 Å². The molecule has 0 radical (unpaired) electrons. The van der Waals surface area contributed by atoms with Gasteiger partial charge in [0.25, 0.3) is 0 Å². The number of carbonyl (C=O) groups is 1. The first-order chi connectivity index (χ1) is 11.1. The fraction of sp³-hybridized carbons (Fsp3) is 0.562. The highest BCUT2D eigenvalue weighted by Crippen LogP contribution is 2.29. The summed E-state index contributed by atoms with van der Waals surface area (Å²) in [6.45, 7) is -0.00370. The first kappa shape index (κ1) is 14.4. The molecule has 2 aromatic rings. The normalized spacial score (nSPS) is 26.6. The van der Waals surface area contributed by atoms with Crippen molar-refractivity contribution in [1.82, 2.24) is 24.4 Å². The summed E-state index contributed by atoms with van der Waals surface area (Å²) in [6.07, 6.45) is 6.07. The number of amides is 1. The predicted molar refractivity (Wildman–Crippen MR) is 85.2 cm³/mol. The summed E-state index contributed by atoms with van der Waals surface area (Å²) in [4.78, 5) is 26.6. The highest BCUT2D eigenvalue weighted by atomic mass is 16.2. The smallest absolute Gasteiger partial charge is 0.341 e. The largest absolute Gasteiger partial charge is 0.350 e. The summed E-state index contributed by atoms with van der Waals surface area (Å²) < 4.78 is 2.71. The van der Waals surface area contributed by atoms with Crippen LogP contribution in [0.3, 0.4) is 0 Å². The molecule has 2 atom stereocenters. The molecule has 0 spiro atoms. The number of nitrogens with one attached hydrogen (secondary N) is 1. The Bertz CT molecular complexity index is 783. The third kappa shape index (κ3) is 2.55. The average Bonchev–Trinajstić information content (AvgIpc) is 3.06. The molecule has 2 saturated heterocycles. The van der Waals surface area contributed by atoms with Gasteiger partial charge < -0.3 is 10.2 Å². The van der Waals surface area contributed by atoms with Crippen LogP contribution < -0.4 is 11.0 Å². The second-order valence-electron chi connectivity index (χ2n) is 6.64. The monoisotopic (exact) mass is 315 g/mol. The Labute approximate surface area is 133 Å². The lowest BCUT2D eigenvalue weighted by Crippen LogP contribution is -2.49. The van der Waals surface area contributed by atoms with Crippen molar-refractivity contribution < 1.29 is 4.79 Å². The molecule has 0 saturated carbocycles. The van der Waals surface area contributed by atoms with Crippen LogP contribution in [0.25, 0.3) is 5.65 Å². The van der Waals surface area contributed by atoms with Crippen molar-refractivity contribution in [1.29, 1.82) is 0 Å². The number of carbonyl (C=O) groups excluding carboxylic acids is 1. The Hall–Kier alpha value is -2.15. The summed E-state index contributed by atoms with van der Waals surface area (Å²) in [5.41, 5.74) is 0.292. The van der Waals surface area contributed by atoms with E-state index in [2.05, 4.69) is 10.4 Å². The molecular formula is C16H21N5O2. The highest BCUT2D eigenvalue weighted by molar-refractivity contribution is 5.76. The molecule has 2 aliphatic heterocycles. The summed E-state index contributed by atoms with van der Waals surface area (Å²) in [7, 11) is 1.85. The fourth-order valence-electron chi connectivity index (χ4n) is 3.86. The molecule has 0 aromatic carbocycles. The van der Waals surface area contributed by atoms with E-state index in [0.29, 0.717) is 17.7 Å². The minimum absolute atomic E-state index is 0.00370. The zero-order chi connectivity index (χ0) is 16.0. The van der Waals surface area contributed by atoms with Gasteiger partial charge in [-0.2, -0.15) is 0 Å². The summed E-state index contributed by atoms with van der Waals surface area (Å²) in [5.74, 6) is -0.0539. The molecule has 4 heterocycles. The maximum atomic E-state index is 12.6. The lowest BCUT2D eigenvalue weighted by atomic mass is 9.98. The number of likely N-dealkylation sites (N-methyl/N-ethyl adjacent to an activating group) is 1. The van der Waals surface area contributed by atoms with E-state index in [0.717, 1.165) is 12.8 Å². The van der Waals surface area contributed by atoms with Crippen LogP contribution in [0.4, 0.5) is 0 Å². The fourth-order valence-corrected chi connectivity index (χ4v) is 3.86. The number of pyridine rings is 1. The van der Waals surface area contributed by atoms with Crippen molar-refractivity contribution in [3.63, 3.8) is 0 Å². The Morgan fingerprint density at radius 3 is 2.78 bits per heavy atom. The number of hydrogen-bond acceptors (Lipinski definition) is 4. The second kappa shape index (κ2) is 5.49. The first-order valence-electron chi connectivity index (χ1n) is 8.18. The average molecular weight is 315 g/mol. The quantitative estimate of drug-likeness (QED) is 0.880. The van der Waals surface area contributed by atoms with Crippen LogP contribution in [0.15, 0.2) is 29.2 Å². The van der Waals surface area contributed by atoms with Crippen LogP contribution in [0.5, 0.6) is 0 Å². The van der Waals surface area contributed by atoms with E-state index in [1.807, 2.05) is 18.0 Å². The van der Waals surface area contributed by atoms with Crippen LogP contribution in [-0.4, -0.2) is 50.2 Å². The van der Waals surface area contributed by atoms with Gasteiger partial charge in [0, 0.05) is 31.4 Å². The molecule has 7 heteroatoms. The van der Waals surface area contributed by atoms with E-state index in [9.17, 15) is 9.59 Å².